The van der Waals surface area contributed by atoms with E-state index in [9.17, 15) is 26.2 Å². The molecule has 4 nitrogen and oxygen atoms in total. The van der Waals surface area contributed by atoms with Gasteiger partial charge in [0.25, 0.3) is 0 Å². The van der Waals surface area contributed by atoms with Crippen molar-refractivity contribution in [3.05, 3.63) is 35.4 Å². The van der Waals surface area contributed by atoms with Gasteiger partial charge < -0.3 is 0 Å². The number of sulfone groups is 1. The molecule has 0 aromatic heterocycles. The Kier molecular flexibility index (Phi) is 5.30. The van der Waals surface area contributed by atoms with Gasteiger partial charge in [0, 0.05) is 22.8 Å². The van der Waals surface area contributed by atoms with Gasteiger partial charge in [0.1, 0.15) is 21.5 Å². The molecule has 1 aromatic carbocycles. The first-order valence-electron chi connectivity index (χ1n) is 5.20. The smallest absolute Gasteiger partial charge is 0.181 e. The number of Topliss-reactive ketones (excluding diaryl/α,β-unsaturated/α-hetero) is 1. The van der Waals surface area contributed by atoms with E-state index in [4.69, 9.17) is 0 Å². The van der Waals surface area contributed by atoms with E-state index < -0.39 is 49.4 Å². The van der Waals surface area contributed by atoms with Crippen molar-refractivity contribution in [2.75, 3.05) is 23.5 Å². The normalized spacial score (nSPS) is 13.2. The third-order valence-electron chi connectivity index (χ3n) is 2.22. The summed E-state index contributed by atoms with van der Waals surface area (Å²) in [5.41, 5.74) is -0.741. The summed E-state index contributed by atoms with van der Waals surface area (Å²) in [5, 5.41) is 0. The molecule has 0 fully saturated rings. The summed E-state index contributed by atoms with van der Waals surface area (Å²) >= 11 is 0. The number of rotatable bonds is 6. The number of carbonyl (C=O) groups is 1. The van der Waals surface area contributed by atoms with Crippen LogP contribution in [-0.4, -0.2) is 41.9 Å². The Bertz CT molecular complexity index is 591. The summed E-state index contributed by atoms with van der Waals surface area (Å²) in [5.74, 6) is -4.17. The molecule has 1 unspecified atom stereocenters. The Morgan fingerprint density at radius 3 is 2.26 bits per heavy atom. The zero-order valence-electron chi connectivity index (χ0n) is 10.1. The first-order valence-corrected chi connectivity index (χ1v) is 8.75. The highest BCUT2D eigenvalue weighted by atomic mass is 32.2. The molecule has 0 spiro atoms. The highest BCUT2D eigenvalue weighted by Gasteiger charge is 2.19. The Balaban J connectivity index is 2.73. The van der Waals surface area contributed by atoms with E-state index in [2.05, 4.69) is 0 Å². The van der Waals surface area contributed by atoms with E-state index in [0.29, 0.717) is 0 Å². The third kappa shape index (κ3) is 5.15. The molecule has 1 rings (SSSR count). The number of hydrogen-bond acceptors (Lipinski definition) is 4. The van der Waals surface area contributed by atoms with Crippen molar-refractivity contribution in [3.63, 3.8) is 0 Å². The highest BCUT2D eigenvalue weighted by molar-refractivity contribution is 7.92. The fourth-order valence-electron chi connectivity index (χ4n) is 1.30. The minimum atomic E-state index is -3.29. The van der Waals surface area contributed by atoms with Crippen LogP contribution in [-0.2, 0) is 20.6 Å². The molecule has 0 radical (unpaired) electrons. The van der Waals surface area contributed by atoms with Crippen molar-refractivity contribution in [2.45, 2.75) is 0 Å². The van der Waals surface area contributed by atoms with E-state index in [1.165, 1.54) is 0 Å². The van der Waals surface area contributed by atoms with Gasteiger partial charge in [-0.2, -0.15) is 0 Å². The first-order chi connectivity index (χ1) is 8.70. The quantitative estimate of drug-likeness (QED) is 0.733. The molecule has 0 saturated heterocycles. The van der Waals surface area contributed by atoms with E-state index in [1.54, 1.807) is 0 Å². The molecule has 0 heterocycles. The Labute approximate surface area is 112 Å². The molecule has 0 aliphatic heterocycles. The average molecular weight is 310 g/mol. The van der Waals surface area contributed by atoms with E-state index in [1.807, 2.05) is 0 Å². The lowest BCUT2D eigenvalue weighted by Gasteiger charge is -2.04. The lowest BCUT2D eigenvalue weighted by atomic mass is 10.1. The second kappa shape index (κ2) is 6.33. The summed E-state index contributed by atoms with van der Waals surface area (Å²) in [4.78, 5) is 11.6. The van der Waals surface area contributed by atoms with Crippen molar-refractivity contribution in [1.29, 1.82) is 0 Å². The highest BCUT2D eigenvalue weighted by Crippen LogP contribution is 2.13. The molecule has 0 aliphatic rings. The van der Waals surface area contributed by atoms with Gasteiger partial charge >= 0.3 is 0 Å². The number of halogens is 2. The van der Waals surface area contributed by atoms with Crippen LogP contribution in [0, 0.1) is 11.6 Å². The lowest BCUT2D eigenvalue weighted by Crippen LogP contribution is -2.19. The predicted octanol–water partition coefficient (Wildman–Crippen LogP) is 0.941. The minimum Gasteiger partial charge on any atom is -0.293 e. The number of carbonyl (C=O) groups excluding carboxylic acids is 1. The predicted molar refractivity (Wildman–Crippen MR) is 68.3 cm³/mol. The molecule has 0 N–H and O–H groups in total. The van der Waals surface area contributed by atoms with E-state index in [0.717, 1.165) is 24.5 Å². The van der Waals surface area contributed by atoms with Gasteiger partial charge in [-0.3, -0.25) is 9.00 Å². The van der Waals surface area contributed by atoms with Crippen LogP contribution < -0.4 is 0 Å². The molecular weight excluding hydrogens is 298 g/mol. The molecule has 19 heavy (non-hydrogen) atoms. The maximum atomic E-state index is 13.3. The van der Waals surface area contributed by atoms with Gasteiger partial charge in [-0.05, 0) is 12.1 Å². The topological polar surface area (TPSA) is 68.3 Å². The Morgan fingerprint density at radius 2 is 1.79 bits per heavy atom. The van der Waals surface area contributed by atoms with Crippen LogP contribution in [0.1, 0.15) is 10.4 Å². The van der Waals surface area contributed by atoms with E-state index in [-0.39, 0.29) is 11.5 Å². The summed E-state index contributed by atoms with van der Waals surface area (Å²) in [6.07, 6.45) is 0.975. The molecule has 0 saturated carbocycles. The molecule has 106 valence electrons. The zero-order valence-corrected chi connectivity index (χ0v) is 11.7. The summed E-state index contributed by atoms with van der Waals surface area (Å²) in [7, 11) is -5.06. The van der Waals surface area contributed by atoms with Crippen LogP contribution in [0.4, 0.5) is 8.78 Å². The molecule has 1 atom stereocenters. The fourth-order valence-corrected chi connectivity index (χ4v) is 3.83. The Morgan fingerprint density at radius 1 is 1.26 bits per heavy atom. The standard InChI is InChI=1S/C11H12F2O4S2/c1-19(16,17)6-5-18(15)7-10(14)11-8(12)3-2-4-9(11)13/h2-4H,5-7H2,1H3. The monoisotopic (exact) mass is 310 g/mol. The molecular formula is C11H12F2O4S2. The first kappa shape index (κ1) is 15.9. The largest absolute Gasteiger partial charge is 0.293 e. The second-order valence-corrected chi connectivity index (χ2v) is 7.77. The Hall–Kier alpha value is -1.15. The van der Waals surface area contributed by atoms with Crippen LogP contribution in [0.15, 0.2) is 18.2 Å². The van der Waals surface area contributed by atoms with Gasteiger partial charge in [0.2, 0.25) is 0 Å². The maximum Gasteiger partial charge on any atom is 0.181 e. The van der Waals surface area contributed by atoms with Crippen LogP contribution in [0.25, 0.3) is 0 Å². The summed E-state index contributed by atoms with van der Waals surface area (Å²) in [6, 6.07) is 2.97. The van der Waals surface area contributed by atoms with Crippen LogP contribution in [0.2, 0.25) is 0 Å². The molecule has 8 heteroatoms. The van der Waals surface area contributed by atoms with Crippen LogP contribution >= 0.6 is 0 Å². The van der Waals surface area contributed by atoms with Crippen LogP contribution in [0.3, 0.4) is 0 Å². The third-order valence-corrected chi connectivity index (χ3v) is 4.66. The summed E-state index contributed by atoms with van der Waals surface area (Å²) < 4.78 is 59.7. The van der Waals surface area contributed by atoms with E-state index >= 15 is 0 Å². The number of hydrogen-bond donors (Lipinski definition) is 0. The summed E-state index contributed by atoms with van der Waals surface area (Å²) in [6.45, 7) is 0. The molecule has 0 bridgehead atoms. The van der Waals surface area contributed by atoms with Crippen molar-refractivity contribution in [2.24, 2.45) is 0 Å². The van der Waals surface area contributed by atoms with Gasteiger partial charge in [-0.1, -0.05) is 6.07 Å². The number of ketones is 1. The molecule has 1 aromatic rings. The van der Waals surface area contributed by atoms with Gasteiger partial charge in [0.15, 0.2) is 5.78 Å². The zero-order chi connectivity index (χ0) is 14.6. The van der Waals surface area contributed by atoms with Crippen molar-refractivity contribution in [1.82, 2.24) is 0 Å². The lowest BCUT2D eigenvalue weighted by molar-refractivity contribution is 0.101. The van der Waals surface area contributed by atoms with Gasteiger partial charge in [0.05, 0.1) is 17.1 Å². The minimum absolute atomic E-state index is 0.235. The van der Waals surface area contributed by atoms with Crippen molar-refractivity contribution < 1.29 is 26.2 Å². The van der Waals surface area contributed by atoms with Crippen molar-refractivity contribution in [3.8, 4) is 0 Å². The fraction of sp³-hybridized carbons (Fsp3) is 0.364. The van der Waals surface area contributed by atoms with Crippen molar-refractivity contribution >= 4 is 26.4 Å². The maximum absolute atomic E-state index is 13.3. The molecule has 0 aliphatic carbocycles. The average Bonchev–Trinajstić information content (AvgIpc) is 2.25. The van der Waals surface area contributed by atoms with Crippen LogP contribution in [0.5, 0.6) is 0 Å². The number of benzene rings is 1. The molecule has 0 amide bonds. The van der Waals surface area contributed by atoms with Gasteiger partial charge in [-0.25, -0.2) is 17.2 Å². The SMILES string of the molecule is CS(=O)(=O)CCS(=O)CC(=O)c1c(F)cccc1F. The second-order valence-electron chi connectivity index (χ2n) is 3.94. The van der Waals surface area contributed by atoms with Gasteiger partial charge in [-0.15, -0.1) is 0 Å².